The van der Waals surface area contributed by atoms with Crippen LogP contribution in [0.4, 0.5) is 5.13 Å². The summed E-state index contributed by atoms with van der Waals surface area (Å²) < 4.78 is 0.882. The molecule has 0 aromatic carbocycles. The molecule has 0 radical (unpaired) electrons. The molecule has 1 aromatic rings. The number of carbonyl (C=O) groups excluding carboxylic acids is 1. The van der Waals surface area contributed by atoms with Crippen LogP contribution in [0, 0.1) is 0 Å². The van der Waals surface area contributed by atoms with Crippen molar-refractivity contribution < 1.29 is 4.79 Å². The van der Waals surface area contributed by atoms with E-state index in [1.165, 1.54) is 11.3 Å². The van der Waals surface area contributed by atoms with E-state index in [9.17, 15) is 4.79 Å². The Morgan fingerprint density at radius 2 is 2.27 bits per heavy atom. The van der Waals surface area contributed by atoms with Gasteiger partial charge in [0.25, 0.3) is 0 Å². The zero-order valence-electron chi connectivity index (χ0n) is 8.44. The molecule has 0 aliphatic rings. The van der Waals surface area contributed by atoms with Gasteiger partial charge in [-0.05, 0) is 12.8 Å². The number of nitrogens with zero attached hydrogens (tertiary/aromatic N) is 2. The molecule has 0 bridgehead atoms. The largest absolute Gasteiger partial charge is 0.311 e. The lowest BCUT2D eigenvalue weighted by molar-refractivity contribution is -0.115. The zero-order valence-corrected chi connectivity index (χ0v) is 10.9. The van der Waals surface area contributed by atoms with Crippen LogP contribution in [-0.2, 0) is 4.79 Å². The number of thioether (sulfide) groups is 1. The van der Waals surface area contributed by atoms with Gasteiger partial charge in [-0.2, -0.15) is 0 Å². The topological polar surface area (TPSA) is 66.9 Å². The van der Waals surface area contributed by atoms with Crippen LogP contribution in [0.5, 0.6) is 0 Å². The Hall–Kier alpha value is -0.370. The first-order valence-corrected chi connectivity index (χ1v) is 5.97. The van der Waals surface area contributed by atoms with Gasteiger partial charge in [0, 0.05) is 0 Å². The molecule has 86 valence electrons. The Morgan fingerprint density at radius 1 is 1.53 bits per heavy atom. The summed E-state index contributed by atoms with van der Waals surface area (Å²) in [5.74, 6) is 0.857. The minimum atomic E-state index is -0.100. The summed E-state index contributed by atoms with van der Waals surface area (Å²) in [6, 6.07) is 0. The van der Waals surface area contributed by atoms with Gasteiger partial charge in [-0.25, -0.2) is 0 Å². The van der Waals surface area contributed by atoms with Crippen molar-refractivity contribution in [3.8, 4) is 0 Å². The minimum Gasteiger partial charge on any atom is -0.311 e. The lowest BCUT2D eigenvalue weighted by Gasteiger charge is -1.97. The highest BCUT2D eigenvalue weighted by molar-refractivity contribution is 8.01. The molecule has 5 nitrogen and oxygen atoms in total. The van der Waals surface area contributed by atoms with Gasteiger partial charge in [-0.15, -0.1) is 22.6 Å². The lowest BCUT2D eigenvalue weighted by Crippen LogP contribution is -2.24. The fourth-order valence-corrected chi connectivity index (χ4v) is 2.43. The predicted molar refractivity (Wildman–Crippen MR) is 66.1 cm³/mol. The number of anilines is 1. The van der Waals surface area contributed by atoms with Crippen molar-refractivity contribution in [1.29, 1.82) is 0 Å². The van der Waals surface area contributed by atoms with E-state index in [-0.39, 0.29) is 24.9 Å². The Balaban J connectivity index is 0.00000196. The van der Waals surface area contributed by atoms with E-state index in [1.54, 1.807) is 18.8 Å². The predicted octanol–water partition coefficient (Wildman–Crippen LogP) is 1.23. The van der Waals surface area contributed by atoms with Gasteiger partial charge in [0.05, 0.1) is 6.54 Å². The highest BCUT2D eigenvalue weighted by Gasteiger charge is 2.06. The normalized spacial score (nSPS) is 9.47. The molecule has 15 heavy (non-hydrogen) atoms. The van der Waals surface area contributed by atoms with E-state index in [0.29, 0.717) is 5.13 Å². The van der Waals surface area contributed by atoms with Gasteiger partial charge in [-0.1, -0.05) is 30.0 Å². The maximum absolute atomic E-state index is 11.1. The van der Waals surface area contributed by atoms with E-state index < -0.39 is 0 Å². The van der Waals surface area contributed by atoms with Gasteiger partial charge >= 0.3 is 0 Å². The van der Waals surface area contributed by atoms with E-state index in [2.05, 4.69) is 20.8 Å². The zero-order chi connectivity index (χ0) is 10.4. The summed E-state index contributed by atoms with van der Waals surface area (Å²) >= 11 is 3.01. The van der Waals surface area contributed by atoms with Crippen molar-refractivity contribution >= 4 is 46.5 Å². The molecule has 0 aliphatic heterocycles. The molecule has 0 aliphatic carbocycles. The van der Waals surface area contributed by atoms with Crippen LogP contribution in [0.3, 0.4) is 0 Å². The number of aromatic nitrogens is 2. The minimum absolute atomic E-state index is 0. The third-order valence-corrected chi connectivity index (χ3v) is 3.11. The van der Waals surface area contributed by atoms with E-state index in [4.69, 9.17) is 0 Å². The summed E-state index contributed by atoms with van der Waals surface area (Å²) in [6.07, 6.45) is 0. The van der Waals surface area contributed by atoms with E-state index in [0.717, 1.165) is 10.1 Å². The number of hydrogen-bond acceptors (Lipinski definition) is 6. The monoisotopic (exact) mass is 268 g/mol. The molecule has 0 fully saturated rings. The summed E-state index contributed by atoms with van der Waals surface area (Å²) in [4.78, 5) is 11.1. The molecule has 1 heterocycles. The van der Waals surface area contributed by atoms with Gasteiger partial charge in [0.15, 0.2) is 4.34 Å². The van der Waals surface area contributed by atoms with Crippen LogP contribution in [0.15, 0.2) is 4.34 Å². The summed E-state index contributed by atoms with van der Waals surface area (Å²) in [5.41, 5.74) is 0. The first-order chi connectivity index (χ1) is 6.76. The molecule has 1 rings (SSSR count). The van der Waals surface area contributed by atoms with Crippen LogP contribution < -0.4 is 10.6 Å². The molecular formula is C7H13ClN4OS2. The van der Waals surface area contributed by atoms with Crippen molar-refractivity contribution in [3.05, 3.63) is 0 Å². The second kappa shape index (κ2) is 7.86. The van der Waals surface area contributed by atoms with E-state index >= 15 is 0 Å². The molecule has 1 amide bonds. The Morgan fingerprint density at radius 3 is 2.87 bits per heavy atom. The number of hydrogen-bond donors (Lipinski definition) is 2. The van der Waals surface area contributed by atoms with Gasteiger partial charge < -0.3 is 5.32 Å². The molecule has 2 N–H and O–H groups in total. The standard InChI is InChI=1S/C7H12N4OS2.ClH/c1-3-13-7-11-10-6(14-7)9-5(12)4-8-2;/h8H,3-4H2,1-2H3,(H,9,10,12);1H. The highest BCUT2D eigenvalue weighted by Crippen LogP contribution is 2.24. The van der Waals surface area contributed by atoms with Crippen LogP contribution in [0.25, 0.3) is 0 Å². The quantitative estimate of drug-likeness (QED) is 0.621. The van der Waals surface area contributed by atoms with Crippen molar-refractivity contribution in [2.45, 2.75) is 11.3 Å². The Bertz CT molecular complexity index is 307. The van der Waals surface area contributed by atoms with Crippen LogP contribution in [-0.4, -0.2) is 35.4 Å². The maximum atomic E-state index is 11.1. The average Bonchev–Trinajstić information content (AvgIpc) is 2.53. The maximum Gasteiger partial charge on any atom is 0.240 e. The smallest absolute Gasteiger partial charge is 0.240 e. The van der Waals surface area contributed by atoms with Crippen molar-refractivity contribution in [3.63, 3.8) is 0 Å². The number of halogens is 1. The fraction of sp³-hybridized carbons (Fsp3) is 0.571. The second-order valence-corrected chi connectivity index (χ2v) is 4.87. The summed E-state index contributed by atoms with van der Waals surface area (Å²) in [6.45, 7) is 2.33. The summed E-state index contributed by atoms with van der Waals surface area (Å²) in [5, 5.41) is 13.7. The average molecular weight is 269 g/mol. The number of carbonyl (C=O) groups is 1. The van der Waals surface area contributed by atoms with Crippen molar-refractivity contribution in [2.75, 3.05) is 24.7 Å². The fourth-order valence-electron chi connectivity index (χ4n) is 0.766. The molecule has 0 spiro atoms. The Kier molecular flexibility index (Phi) is 7.67. The number of amides is 1. The highest BCUT2D eigenvalue weighted by atomic mass is 35.5. The third kappa shape index (κ3) is 5.31. The van der Waals surface area contributed by atoms with E-state index in [1.807, 2.05) is 6.92 Å². The Labute approximate surface area is 103 Å². The van der Waals surface area contributed by atoms with Gasteiger partial charge in [0.1, 0.15) is 0 Å². The second-order valence-electron chi connectivity index (χ2n) is 2.38. The number of rotatable bonds is 5. The SMILES string of the molecule is CCSc1nnc(NC(=O)CNC)s1.Cl. The number of likely N-dealkylation sites (N-methyl/N-ethyl adjacent to an activating group) is 1. The molecule has 0 saturated heterocycles. The van der Waals surface area contributed by atoms with Gasteiger partial charge in [0.2, 0.25) is 11.0 Å². The first kappa shape index (κ1) is 14.6. The van der Waals surface area contributed by atoms with Crippen molar-refractivity contribution in [2.24, 2.45) is 0 Å². The van der Waals surface area contributed by atoms with Gasteiger partial charge in [-0.3, -0.25) is 10.1 Å². The van der Waals surface area contributed by atoms with Crippen LogP contribution in [0.2, 0.25) is 0 Å². The molecule has 0 unspecified atom stereocenters. The third-order valence-electron chi connectivity index (χ3n) is 1.26. The van der Waals surface area contributed by atoms with Crippen LogP contribution >= 0.6 is 35.5 Å². The molecule has 8 heteroatoms. The molecule has 0 saturated carbocycles. The molecule has 1 aromatic heterocycles. The number of nitrogens with one attached hydrogen (secondary N) is 2. The summed E-state index contributed by atoms with van der Waals surface area (Å²) in [7, 11) is 1.72. The van der Waals surface area contributed by atoms with Crippen molar-refractivity contribution in [1.82, 2.24) is 15.5 Å². The molecular weight excluding hydrogens is 256 g/mol. The lowest BCUT2D eigenvalue weighted by atomic mass is 10.6. The molecule has 0 atom stereocenters. The van der Waals surface area contributed by atoms with Crippen LogP contribution in [0.1, 0.15) is 6.92 Å². The first-order valence-electron chi connectivity index (χ1n) is 4.17.